The second kappa shape index (κ2) is 5.96. The van der Waals surface area contributed by atoms with E-state index in [1.165, 1.54) is 12.8 Å². The van der Waals surface area contributed by atoms with Crippen molar-refractivity contribution in [2.75, 3.05) is 5.32 Å². The van der Waals surface area contributed by atoms with Crippen molar-refractivity contribution >= 4 is 28.8 Å². The summed E-state index contributed by atoms with van der Waals surface area (Å²) in [5.41, 5.74) is 7.40. The van der Waals surface area contributed by atoms with Gasteiger partial charge in [-0.1, -0.05) is 37.2 Å². The first-order valence-electron chi connectivity index (χ1n) is 6.33. The second-order valence-electron chi connectivity index (χ2n) is 4.81. The molecule has 3 N–H and O–H groups in total. The number of benzene rings is 1. The maximum absolute atomic E-state index is 11.9. The highest BCUT2D eigenvalue weighted by Gasteiger charge is 2.22. The average molecular weight is 262 g/mol. The first-order valence-corrected chi connectivity index (χ1v) is 6.74. The lowest BCUT2D eigenvalue weighted by Gasteiger charge is -2.10. The van der Waals surface area contributed by atoms with Crippen molar-refractivity contribution in [3.8, 4) is 0 Å². The van der Waals surface area contributed by atoms with Crippen LogP contribution in [0.4, 0.5) is 5.69 Å². The lowest BCUT2D eigenvalue weighted by atomic mass is 10.1. The molecule has 0 spiro atoms. The van der Waals surface area contributed by atoms with Gasteiger partial charge in [0, 0.05) is 18.0 Å². The topological polar surface area (TPSA) is 55.1 Å². The van der Waals surface area contributed by atoms with Crippen molar-refractivity contribution in [2.24, 2.45) is 11.7 Å². The minimum Gasteiger partial charge on any atom is -0.393 e. The summed E-state index contributed by atoms with van der Waals surface area (Å²) < 4.78 is 0. The van der Waals surface area contributed by atoms with Gasteiger partial charge in [-0.25, -0.2) is 0 Å². The number of amides is 1. The molecule has 1 aliphatic rings. The predicted octanol–water partition coefficient (Wildman–Crippen LogP) is 2.64. The summed E-state index contributed by atoms with van der Waals surface area (Å²) in [5, 5.41) is 2.96. The molecule has 1 aliphatic carbocycles. The molecule has 0 atom stereocenters. The van der Waals surface area contributed by atoms with Gasteiger partial charge in [-0.15, -0.1) is 0 Å². The van der Waals surface area contributed by atoms with Crippen LogP contribution in [0.2, 0.25) is 0 Å². The van der Waals surface area contributed by atoms with E-state index in [-0.39, 0.29) is 11.8 Å². The number of hydrogen-bond acceptors (Lipinski definition) is 2. The van der Waals surface area contributed by atoms with Gasteiger partial charge < -0.3 is 11.1 Å². The monoisotopic (exact) mass is 262 g/mol. The van der Waals surface area contributed by atoms with Gasteiger partial charge in [0.2, 0.25) is 5.91 Å². The van der Waals surface area contributed by atoms with Crippen LogP contribution in [0.3, 0.4) is 0 Å². The molecule has 2 rings (SSSR count). The number of nitrogens with one attached hydrogen (secondary N) is 1. The van der Waals surface area contributed by atoms with Crippen LogP contribution in [-0.4, -0.2) is 10.9 Å². The number of carbonyl (C=O) groups is 1. The SMILES string of the molecule is NC(=S)Cc1ccc(NC(=O)C2CCCC2)cc1. The Bertz CT molecular complexity index is 436. The summed E-state index contributed by atoms with van der Waals surface area (Å²) in [4.78, 5) is 12.4. The van der Waals surface area contributed by atoms with Gasteiger partial charge in [-0.05, 0) is 30.5 Å². The number of rotatable bonds is 4. The highest BCUT2D eigenvalue weighted by Crippen LogP contribution is 2.26. The van der Waals surface area contributed by atoms with Gasteiger partial charge in [-0.3, -0.25) is 4.79 Å². The van der Waals surface area contributed by atoms with Crippen LogP contribution in [0, 0.1) is 5.92 Å². The Labute approximate surface area is 113 Å². The Morgan fingerprint density at radius 1 is 1.28 bits per heavy atom. The van der Waals surface area contributed by atoms with Crippen LogP contribution in [0.5, 0.6) is 0 Å². The van der Waals surface area contributed by atoms with Gasteiger partial charge >= 0.3 is 0 Å². The Morgan fingerprint density at radius 3 is 2.44 bits per heavy atom. The van der Waals surface area contributed by atoms with Crippen molar-refractivity contribution in [3.05, 3.63) is 29.8 Å². The molecule has 3 nitrogen and oxygen atoms in total. The quantitative estimate of drug-likeness (QED) is 0.820. The standard InChI is InChI=1S/C14H18N2OS/c15-13(18)9-10-5-7-12(8-6-10)16-14(17)11-3-1-2-4-11/h5-8,11H,1-4,9H2,(H2,15,18)(H,16,17). The molecule has 96 valence electrons. The zero-order valence-corrected chi connectivity index (χ0v) is 11.1. The molecule has 0 aliphatic heterocycles. The molecular formula is C14H18N2OS. The summed E-state index contributed by atoms with van der Waals surface area (Å²) in [6.07, 6.45) is 4.98. The van der Waals surface area contributed by atoms with Gasteiger partial charge in [-0.2, -0.15) is 0 Å². The summed E-state index contributed by atoms with van der Waals surface area (Å²) >= 11 is 4.86. The molecule has 1 fully saturated rings. The Balaban J connectivity index is 1.93. The predicted molar refractivity (Wildman–Crippen MR) is 77.5 cm³/mol. The third-order valence-electron chi connectivity index (χ3n) is 3.33. The fourth-order valence-electron chi connectivity index (χ4n) is 2.34. The lowest BCUT2D eigenvalue weighted by molar-refractivity contribution is -0.119. The molecule has 18 heavy (non-hydrogen) atoms. The average Bonchev–Trinajstić information content (AvgIpc) is 2.84. The van der Waals surface area contributed by atoms with Crippen molar-refractivity contribution in [3.63, 3.8) is 0 Å². The Kier molecular flexibility index (Phi) is 4.31. The normalized spacial score (nSPS) is 15.6. The number of nitrogens with two attached hydrogens (primary N) is 1. The molecule has 0 saturated heterocycles. The van der Waals surface area contributed by atoms with Gasteiger partial charge in [0.05, 0.1) is 4.99 Å². The Morgan fingerprint density at radius 2 is 1.89 bits per heavy atom. The zero-order valence-electron chi connectivity index (χ0n) is 10.3. The fourth-order valence-corrected chi connectivity index (χ4v) is 2.51. The van der Waals surface area contributed by atoms with E-state index in [1.54, 1.807) is 0 Å². The maximum Gasteiger partial charge on any atom is 0.227 e. The first-order chi connectivity index (χ1) is 8.65. The summed E-state index contributed by atoms with van der Waals surface area (Å²) in [6, 6.07) is 7.70. The highest BCUT2D eigenvalue weighted by molar-refractivity contribution is 7.80. The van der Waals surface area contributed by atoms with Crippen molar-refractivity contribution in [1.82, 2.24) is 0 Å². The summed E-state index contributed by atoms with van der Waals surface area (Å²) in [5.74, 6) is 0.343. The van der Waals surface area contributed by atoms with E-state index in [9.17, 15) is 4.79 Å². The van der Waals surface area contributed by atoms with Gasteiger partial charge in [0.1, 0.15) is 0 Å². The molecule has 0 bridgehead atoms. The first kappa shape index (κ1) is 13.0. The van der Waals surface area contributed by atoms with E-state index in [1.807, 2.05) is 24.3 Å². The number of hydrogen-bond donors (Lipinski definition) is 2. The smallest absolute Gasteiger partial charge is 0.227 e. The van der Waals surface area contributed by atoms with Crippen LogP contribution in [0.15, 0.2) is 24.3 Å². The summed E-state index contributed by atoms with van der Waals surface area (Å²) in [7, 11) is 0. The van der Waals surface area contributed by atoms with E-state index < -0.39 is 0 Å². The second-order valence-corrected chi connectivity index (χ2v) is 5.34. The number of thiocarbonyl (C=S) groups is 1. The van der Waals surface area contributed by atoms with Crippen molar-refractivity contribution < 1.29 is 4.79 Å². The highest BCUT2D eigenvalue weighted by atomic mass is 32.1. The molecule has 0 heterocycles. The molecule has 1 aromatic rings. The molecule has 1 aromatic carbocycles. The third kappa shape index (κ3) is 3.53. The minimum absolute atomic E-state index is 0.148. The molecule has 1 amide bonds. The molecule has 0 aromatic heterocycles. The molecule has 1 saturated carbocycles. The largest absolute Gasteiger partial charge is 0.393 e. The molecular weight excluding hydrogens is 244 g/mol. The van der Waals surface area contributed by atoms with Crippen molar-refractivity contribution in [2.45, 2.75) is 32.1 Å². The van der Waals surface area contributed by atoms with Gasteiger partial charge in [0.15, 0.2) is 0 Å². The van der Waals surface area contributed by atoms with Crippen LogP contribution in [0.25, 0.3) is 0 Å². The van der Waals surface area contributed by atoms with E-state index in [0.29, 0.717) is 11.4 Å². The fraction of sp³-hybridized carbons (Fsp3) is 0.429. The van der Waals surface area contributed by atoms with E-state index >= 15 is 0 Å². The van der Waals surface area contributed by atoms with E-state index in [0.717, 1.165) is 24.1 Å². The van der Waals surface area contributed by atoms with Crippen LogP contribution >= 0.6 is 12.2 Å². The lowest BCUT2D eigenvalue weighted by Crippen LogP contribution is -2.20. The number of carbonyl (C=O) groups excluding carboxylic acids is 1. The third-order valence-corrected chi connectivity index (χ3v) is 3.47. The molecule has 4 heteroatoms. The Hall–Kier alpha value is -1.42. The summed E-state index contributed by atoms with van der Waals surface area (Å²) in [6.45, 7) is 0. The minimum atomic E-state index is 0.148. The van der Waals surface area contributed by atoms with Crippen LogP contribution in [-0.2, 0) is 11.2 Å². The van der Waals surface area contributed by atoms with Crippen LogP contribution in [0.1, 0.15) is 31.2 Å². The zero-order chi connectivity index (χ0) is 13.0. The van der Waals surface area contributed by atoms with E-state index in [2.05, 4.69) is 5.32 Å². The molecule has 0 unspecified atom stereocenters. The van der Waals surface area contributed by atoms with Gasteiger partial charge in [0.25, 0.3) is 0 Å². The maximum atomic E-state index is 11.9. The van der Waals surface area contributed by atoms with E-state index in [4.69, 9.17) is 18.0 Å². The number of anilines is 1. The molecule has 0 radical (unpaired) electrons. The van der Waals surface area contributed by atoms with Crippen LogP contribution < -0.4 is 11.1 Å². The van der Waals surface area contributed by atoms with Crippen molar-refractivity contribution in [1.29, 1.82) is 0 Å².